The van der Waals surface area contributed by atoms with Crippen LogP contribution in [0.25, 0.3) is 0 Å². The van der Waals surface area contributed by atoms with Crippen molar-refractivity contribution < 1.29 is 23.9 Å². The normalized spacial score (nSPS) is 18.1. The van der Waals surface area contributed by atoms with E-state index in [1.165, 1.54) is 12.8 Å². The lowest BCUT2D eigenvalue weighted by molar-refractivity contribution is -0.112. The zero-order valence-electron chi connectivity index (χ0n) is 27.7. The molecule has 0 aliphatic carbocycles. The van der Waals surface area contributed by atoms with Crippen molar-refractivity contribution in [2.75, 3.05) is 39.3 Å². The van der Waals surface area contributed by atoms with Crippen molar-refractivity contribution in [2.45, 2.75) is 91.3 Å². The molecule has 3 aliphatic heterocycles. The molecule has 8 heteroatoms. The Morgan fingerprint density at radius 1 is 0.795 bits per heavy atom. The average molecular weight is 608 g/mol. The summed E-state index contributed by atoms with van der Waals surface area (Å²) in [7, 11) is 0. The van der Waals surface area contributed by atoms with Gasteiger partial charge in [0.15, 0.2) is 0 Å². The molecule has 0 spiro atoms. The number of ether oxygens (including phenoxy) is 2. The summed E-state index contributed by atoms with van der Waals surface area (Å²) < 4.78 is 10.5. The molecule has 3 aliphatic rings. The van der Waals surface area contributed by atoms with Crippen LogP contribution >= 0.6 is 0 Å². The average Bonchev–Trinajstić information content (AvgIpc) is 3.00. The molecule has 44 heavy (non-hydrogen) atoms. The molecule has 4 rings (SSSR count). The molecule has 1 N–H and O–H groups in total. The van der Waals surface area contributed by atoms with Crippen molar-refractivity contribution in [2.24, 2.45) is 17.8 Å². The molecule has 1 aromatic carbocycles. The van der Waals surface area contributed by atoms with Gasteiger partial charge < -0.3 is 29.4 Å². The van der Waals surface area contributed by atoms with Gasteiger partial charge in [-0.3, -0.25) is 0 Å². The van der Waals surface area contributed by atoms with Gasteiger partial charge in [0.25, 0.3) is 0 Å². The quantitative estimate of drug-likeness (QED) is 0.305. The number of aldehydes is 1. The predicted molar refractivity (Wildman–Crippen MR) is 175 cm³/mol. The third-order valence-electron chi connectivity index (χ3n) is 7.30. The number of nitrogens with zero attached hydrogens (tertiary/aromatic N) is 2. The third-order valence-corrected chi connectivity index (χ3v) is 7.30. The van der Waals surface area contributed by atoms with Gasteiger partial charge in [0, 0.05) is 49.5 Å². The number of carbonyl (C=O) groups excluding carboxylic acids is 3. The van der Waals surface area contributed by atoms with Crippen molar-refractivity contribution in [1.82, 2.24) is 15.1 Å². The SMILES string of the molecule is C#CC1CCN(C(=O)OC(C)(C)C)CC1.C(#CC1CCNCC1)c1ccccc1.CC(C)(C)OC(=O)N1CCC(C=O)CC1. The summed E-state index contributed by atoms with van der Waals surface area (Å²) in [5.74, 6) is 10.3. The van der Waals surface area contributed by atoms with Crippen LogP contribution in [-0.4, -0.2) is 78.7 Å². The van der Waals surface area contributed by atoms with E-state index >= 15 is 0 Å². The molecule has 0 radical (unpaired) electrons. The molecule has 0 bridgehead atoms. The fraction of sp³-hybridized carbons (Fsp3) is 0.639. The zero-order chi connectivity index (χ0) is 32.6. The van der Waals surface area contributed by atoms with Crippen LogP contribution in [0.3, 0.4) is 0 Å². The monoisotopic (exact) mass is 607 g/mol. The molecular formula is C36H53N3O5. The van der Waals surface area contributed by atoms with Crippen molar-refractivity contribution in [1.29, 1.82) is 0 Å². The molecule has 3 heterocycles. The lowest BCUT2D eigenvalue weighted by atomic mass is 9.98. The topological polar surface area (TPSA) is 88.2 Å². The number of hydrogen-bond acceptors (Lipinski definition) is 6. The fourth-order valence-corrected chi connectivity index (χ4v) is 4.77. The van der Waals surface area contributed by atoms with Gasteiger partial charge in [0.2, 0.25) is 0 Å². The van der Waals surface area contributed by atoms with E-state index in [4.69, 9.17) is 15.9 Å². The molecule has 3 saturated heterocycles. The summed E-state index contributed by atoms with van der Waals surface area (Å²) in [6.45, 7) is 16.1. The maximum atomic E-state index is 11.7. The molecule has 3 fully saturated rings. The van der Waals surface area contributed by atoms with Crippen LogP contribution in [0.15, 0.2) is 30.3 Å². The first-order chi connectivity index (χ1) is 20.8. The number of carbonyl (C=O) groups is 3. The first kappa shape index (κ1) is 36.7. The van der Waals surface area contributed by atoms with Crippen molar-refractivity contribution >= 4 is 18.5 Å². The van der Waals surface area contributed by atoms with E-state index in [-0.39, 0.29) is 18.1 Å². The summed E-state index contributed by atoms with van der Waals surface area (Å²) in [6, 6.07) is 10.2. The van der Waals surface area contributed by atoms with E-state index in [2.05, 4.69) is 35.2 Å². The van der Waals surface area contributed by atoms with E-state index in [1.807, 2.05) is 59.7 Å². The Balaban J connectivity index is 0.000000230. The summed E-state index contributed by atoms with van der Waals surface area (Å²) >= 11 is 0. The van der Waals surface area contributed by atoms with E-state index in [0.29, 0.717) is 38.0 Å². The van der Waals surface area contributed by atoms with Gasteiger partial charge in [-0.05, 0) is 105 Å². The van der Waals surface area contributed by atoms with Gasteiger partial charge in [0.1, 0.15) is 17.5 Å². The van der Waals surface area contributed by atoms with Gasteiger partial charge in [-0.1, -0.05) is 30.0 Å². The van der Waals surface area contributed by atoms with E-state index < -0.39 is 11.2 Å². The predicted octanol–water partition coefficient (Wildman–Crippen LogP) is 6.14. The molecule has 0 saturated carbocycles. The summed E-state index contributed by atoms with van der Waals surface area (Å²) in [4.78, 5) is 37.2. The Bertz CT molecular complexity index is 1110. The zero-order valence-corrected chi connectivity index (χ0v) is 27.7. The lowest BCUT2D eigenvalue weighted by Crippen LogP contribution is -2.41. The van der Waals surface area contributed by atoms with Crippen LogP contribution < -0.4 is 5.32 Å². The Hall–Kier alpha value is -3.49. The molecular weight excluding hydrogens is 554 g/mol. The molecule has 0 unspecified atom stereocenters. The van der Waals surface area contributed by atoms with Gasteiger partial charge in [0.05, 0.1) is 0 Å². The minimum atomic E-state index is -0.446. The molecule has 0 atom stereocenters. The number of rotatable bonds is 1. The number of nitrogens with one attached hydrogen (secondary N) is 1. The van der Waals surface area contributed by atoms with Gasteiger partial charge in [-0.2, -0.15) is 0 Å². The standard InChI is InChI=1S/C13H15N.C12H19NO2.C11H19NO3/c1-2-4-12(5-3-1)6-7-13-8-10-14-11-9-13;1-5-10-6-8-13(9-7-10)11(14)15-12(2,3)4;1-11(2,3)15-10(14)12-6-4-9(8-13)5-7-12/h1-5,13-14H,8-11H2;1,10H,6-9H2,2-4H3;8-9H,4-7H2,1-3H3. The largest absolute Gasteiger partial charge is 0.444 e. The fourth-order valence-electron chi connectivity index (χ4n) is 4.77. The van der Waals surface area contributed by atoms with Crippen LogP contribution in [0, 0.1) is 41.9 Å². The summed E-state index contributed by atoms with van der Waals surface area (Å²) in [6.07, 6.45) is 11.5. The van der Waals surface area contributed by atoms with Crippen molar-refractivity contribution in [3.63, 3.8) is 0 Å². The molecule has 1 aromatic rings. The van der Waals surface area contributed by atoms with E-state index in [1.54, 1.807) is 9.80 Å². The van der Waals surface area contributed by atoms with Gasteiger partial charge >= 0.3 is 12.2 Å². The number of amides is 2. The first-order valence-corrected chi connectivity index (χ1v) is 15.9. The van der Waals surface area contributed by atoms with Crippen molar-refractivity contribution in [3.8, 4) is 24.2 Å². The maximum absolute atomic E-state index is 11.7. The number of piperidine rings is 3. The number of benzene rings is 1. The molecule has 2 amide bonds. The highest BCUT2D eigenvalue weighted by Gasteiger charge is 2.27. The molecule has 8 nitrogen and oxygen atoms in total. The van der Waals surface area contributed by atoms with E-state index in [0.717, 1.165) is 50.6 Å². The van der Waals surface area contributed by atoms with Crippen molar-refractivity contribution in [3.05, 3.63) is 35.9 Å². The maximum Gasteiger partial charge on any atom is 0.410 e. The first-order valence-electron chi connectivity index (χ1n) is 15.9. The summed E-state index contributed by atoms with van der Waals surface area (Å²) in [5.41, 5.74) is 0.268. The van der Waals surface area contributed by atoms with Crippen LogP contribution in [0.4, 0.5) is 9.59 Å². The Morgan fingerprint density at radius 3 is 1.70 bits per heavy atom. The Morgan fingerprint density at radius 2 is 1.27 bits per heavy atom. The van der Waals surface area contributed by atoms with Crippen LogP contribution in [0.2, 0.25) is 0 Å². The number of likely N-dealkylation sites (tertiary alicyclic amines) is 2. The highest BCUT2D eigenvalue weighted by atomic mass is 16.6. The second kappa shape index (κ2) is 18.3. The van der Waals surface area contributed by atoms with Gasteiger partial charge in [-0.25, -0.2) is 9.59 Å². The Kier molecular flexibility index (Phi) is 15.3. The van der Waals surface area contributed by atoms with Gasteiger partial charge in [-0.15, -0.1) is 12.3 Å². The Labute approximate surface area is 265 Å². The minimum Gasteiger partial charge on any atom is -0.444 e. The molecule has 242 valence electrons. The lowest BCUT2D eigenvalue weighted by Gasteiger charge is -2.31. The third kappa shape index (κ3) is 15.3. The second-order valence-corrected chi connectivity index (χ2v) is 13.5. The molecule has 0 aromatic heterocycles. The van der Waals surface area contributed by atoms with Crippen LogP contribution in [0.1, 0.15) is 85.6 Å². The highest BCUT2D eigenvalue weighted by Crippen LogP contribution is 2.19. The second-order valence-electron chi connectivity index (χ2n) is 13.5. The number of terminal acetylenes is 1. The van der Waals surface area contributed by atoms with E-state index in [9.17, 15) is 14.4 Å². The van der Waals surface area contributed by atoms with Crippen LogP contribution in [0.5, 0.6) is 0 Å². The van der Waals surface area contributed by atoms with Crippen LogP contribution in [-0.2, 0) is 14.3 Å². The number of hydrogen-bond donors (Lipinski definition) is 1. The minimum absolute atomic E-state index is 0.115. The smallest absolute Gasteiger partial charge is 0.410 e. The highest BCUT2D eigenvalue weighted by molar-refractivity contribution is 5.69. The summed E-state index contributed by atoms with van der Waals surface area (Å²) in [5, 5.41) is 3.35.